The maximum Gasteiger partial charge on any atom is 0.115 e. The Morgan fingerprint density at radius 2 is 1.68 bits per heavy atom. The van der Waals surface area contributed by atoms with E-state index in [1.807, 2.05) is 32.0 Å². The van der Waals surface area contributed by atoms with Crippen molar-refractivity contribution in [2.75, 3.05) is 38.1 Å². The van der Waals surface area contributed by atoms with Crippen LogP contribution in [0.4, 0.5) is 5.82 Å². The molecule has 1 aliphatic heterocycles. The summed E-state index contributed by atoms with van der Waals surface area (Å²) in [6, 6.07) is 8.17. The average molecular weight is 334 g/mol. The van der Waals surface area contributed by atoms with E-state index >= 15 is 0 Å². The van der Waals surface area contributed by atoms with Gasteiger partial charge in [-0.05, 0) is 7.05 Å². The van der Waals surface area contributed by atoms with Gasteiger partial charge in [-0.1, -0.05) is 38.1 Å². The smallest absolute Gasteiger partial charge is 0.115 e. The van der Waals surface area contributed by atoms with Gasteiger partial charge >= 0.3 is 0 Å². The van der Waals surface area contributed by atoms with Crippen LogP contribution in [0.25, 0.3) is 10.9 Å². The van der Waals surface area contributed by atoms with Gasteiger partial charge in [-0.25, -0.2) is 0 Å². The van der Waals surface area contributed by atoms with E-state index in [2.05, 4.69) is 33.1 Å². The van der Waals surface area contributed by atoms with Crippen molar-refractivity contribution in [1.82, 2.24) is 15.1 Å². The quantitative estimate of drug-likeness (QED) is 0.798. The first-order valence-corrected chi connectivity index (χ1v) is 6.66. The third kappa shape index (κ3) is 3.77. The predicted molar refractivity (Wildman–Crippen MR) is 76.1 cm³/mol. The molecule has 0 aliphatic carbocycles. The van der Waals surface area contributed by atoms with Gasteiger partial charge in [0.1, 0.15) is 5.82 Å². The Morgan fingerprint density at radius 1 is 1.05 bits per heavy atom. The summed E-state index contributed by atoms with van der Waals surface area (Å²) >= 11 is 0. The van der Waals surface area contributed by atoms with Crippen molar-refractivity contribution in [3.05, 3.63) is 24.3 Å². The predicted octanol–water partition coefficient (Wildman–Crippen LogP) is 1.97. The number of rotatable bonds is 1. The second-order valence-electron chi connectivity index (χ2n) is 4.33. The van der Waals surface area contributed by atoms with Gasteiger partial charge in [-0.3, -0.25) is 0 Å². The van der Waals surface area contributed by atoms with E-state index in [0.717, 1.165) is 37.5 Å². The molecule has 1 radical (unpaired) electrons. The number of aromatic nitrogens is 2. The number of nitrogens with zero attached hydrogens (tertiary/aromatic N) is 4. The summed E-state index contributed by atoms with van der Waals surface area (Å²) in [4.78, 5) is 4.67. The van der Waals surface area contributed by atoms with Gasteiger partial charge in [-0.15, -0.1) is 5.52 Å². The fourth-order valence-electron chi connectivity index (χ4n) is 2.16. The minimum Gasteiger partial charge on any atom is -0.573 e. The molecule has 4 nitrogen and oxygen atoms in total. The summed E-state index contributed by atoms with van der Waals surface area (Å²) in [5.74, 6) is 1.05. The molecule has 5 heteroatoms. The zero-order valence-electron chi connectivity index (χ0n) is 12.0. The molecule has 0 atom stereocenters. The number of likely N-dealkylation sites (N-methyl/N-ethyl adjacent to an activating group) is 1. The second-order valence-corrected chi connectivity index (χ2v) is 4.33. The van der Waals surface area contributed by atoms with Crippen LogP contribution in [0.5, 0.6) is 0 Å². The third-order valence-corrected chi connectivity index (χ3v) is 3.20. The fraction of sp³-hybridized carbons (Fsp3) is 0.500. The number of hydrogen-bond donors (Lipinski definition) is 0. The van der Waals surface area contributed by atoms with Crippen LogP contribution in [0.2, 0.25) is 0 Å². The van der Waals surface area contributed by atoms with Crippen LogP contribution in [-0.4, -0.2) is 43.2 Å². The molecule has 19 heavy (non-hydrogen) atoms. The molecule has 1 saturated heterocycles. The van der Waals surface area contributed by atoms with Gasteiger partial charge in [0.05, 0.1) is 0 Å². The zero-order valence-corrected chi connectivity index (χ0v) is 14.8. The Morgan fingerprint density at radius 3 is 2.37 bits per heavy atom. The molecule has 1 fully saturated rings. The first-order valence-electron chi connectivity index (χ1n) is 6.66. The second kappa shape index (κ2) is 7.98. The van der Waals surface area contributed by atoms with Gasteiger partial charge in [-0.2, -0.15) is 0 Å². The number of benzene rings is 1. The van der Waals surface area contributed by atoms with E-state index in [0.29, 0.717) is 0 Å². The summed E-state index contributed by atoms with van der Waals surface area (Å²) in [5.41, 5.74) is 0.997. The molecule has 3 rings (SSSR count). The molecule has 0 amide bonds. The standard InChI is InChI=1S/C12H15N4.C2H6.Y/c1-15-6-8-16(9-7-15)12-10-4-2-3-5-11(10)13-14-12;1-2;/h2-5H,6-9H2,1H3;1-2H3;/q-1;;. The van der Waals surface area contributed by atoms with Crippen molar-refractivity contribution >= 4 is 16.7 Å². The third-order valence-electron chi connectivity index (χ3n) is 3.20. The number of anilines is 1. The van der Waals surface area contributed by atoms with Crippen LogP contribution >= 0.6 is 0 Å². The molecule has 2 heterocycles. The monoisotopic (exact) mass is 334 g/mol. The van der Waals surface area contributed by atoms with E-state index in [4.69, 9.17) is 0 Å². The maximum atomic E-state index is 4.30. The molecule has 1 aliphatic rings. The first kappa shape index (κ1) is 16.6. The Bertz CT molecular complexity index is 489. The molecule has 101 valence electrons. The van der Waals surface area contributed by atoms with Crippen LogP contribution in [0.1, 0.15) is 13.8 Å². The molecule has 0 spiro atoms. The van der Waals surface area contributed by atoms with Crippen molar-refractivity contribution in [1.29, 1.82) is 0 Å². The van der Waals surface area contributed by atoms with Crippen LogP contribution in [0.3, 0.4) is 0 Å². The van der Waals surface area contributed by atoms with E-state index < -0.39 is 0 Å². The van der Waals surface area contributed by atoms with E-state index in [1.54, 1.807) is 0 Å². The number of piperazine rings is 1. The number of fused-ring (bicyclic) bond motifs is 1. The molecule has 0 bridgehead atoms. The van der Waals surface area contributed by atoms with Gasteiger partial charge in [0.15, 0.2) is 0 Å². The summed E-state index contributed by atoms with van der Waals surface area (Å²) in [5, 5.41) is 9.68. The Hall–Kier alpha value is -0.446. The molecule has 1 aromatic carbocycles. The average Bonchev–Trinajstić information content (AvgIpc) is 2.86. The summed E-state index contributed by atoms with van der Waals surface area (Å²) in [6.07, 6.45) is 0. The Balaban J connectivity index is 0.000000576. The zero-order chi connectivity index (χ0) is 13.0. The Kier molecular flexibility index (Phi) is 6.97. The minimum atomic E-state index is 0. The topological polar surface area (TPSA) is 33.5 Å². The van der Waals surface area contributed by atoms with Gasteiger partial charge in [0.25, 0.3) is 0 Å². The SMILES string of the molecule is CC.CN1CCN(c2n[n-]c3ccccc23)CC1.[Y]. The maximum absolute atomic E-state index is 4.30. The molecule has 0 unspecified atom stereocenters. The van der Waals surface area contributed by atoms with Crippen molar-refractivity contribution < 1.29 is 32.7 Å². The van der Waals surface area contributed by atoms with E-state index in [-0.39, 0.29) is 32.7 Å². The van der Waals surface area contributed by atoms with Gasteiger partial charge in [0.2, 0.25) is 0 Å². The van der Waals surface area contributed by atoms with E-state index in [1.165, 1.54) is 5.39 Å². The van der Waals surface area contributed by atoms with Crippen LogP contribution in [-0.2, 0) is 32.7 Å². The molecule has 1 aromatic heterocycles. The van der Waals surface area contributed by atoms with Crippen molar-refractivity contribution in [2.24, 2.45) is 0 Å². The van der Waals surface area contributed by atoms with Crippen molar-refractivity contribution in [3.8, 4) is 0 Å². The van der Waals surface area contributed by atoms with Gasteiger partial charge < -0.3 is 20.0 Å². The molecule has 0 N–H and O–H groups in total. The first-order chi connectivity index (χ1) is 8.84. The summed E-state index contributed by atoms with van der Waals surface area (Å²) in [6.45, 7) is 8.28. The summed E-state index contributed by atoms with van der Waals surface area (Å²) < 4.78 is 0. The molecular weight excluding hydrogens is 313 g/mol. The number of hydrogen-bond acceptors (Lipinski definition) is 3. The molecule has 0 saturated carbocycles. The fourth-order valence-corrected chi connectivity index (χ4v) is 2.16. The molecular formula is C14H21N4Y-. The van der Waals surface area contributed by atoms with Crippen LogP contribution in [0, 0.1) is 0 Å². The Labute approximate surface area is 140 Å². The van der Waals surface area contributed by atoms with Gasteiger partial charge in [0, 0.05) is 64.3 Å². The van der Waals surface area contributed by atoms with Crippen LogP contribution < -0.4 is 10.00 Å². The van der Waals surface area contributed by atoms with E-state index in [9.17, 15) is 0 Å². The normalized spacial score (nSPS) is 15.6. The largest absolute Gasteiger partial charge is 0.573 e. The van der Waals surface area contributed by atoms with Crippen LogP contribution in [0.15, 0.2) is 24.3 Å². The van der Waals surface area contributed by atoms with Crippen molar-refractivity contribution in [3.63, 3.8) is 0 Å². The molecule has 2 aromatic rings. The summed E-state index contributed by atoms with van der Waals surface area (Å²) in [7, 11) is 2.16. The minimum absolute atomic E-state index is 0. The van der Waals surface area contributed by atoms with Crippen molar-refractivity contribution in [2.45, 2.75) is 13.8 Å².